The van der Waals surface area contributed by atoms with Crippen LogP contribution in [0.4, 0.5) is 17.1 Å². The number of para-hydroxylation sites is 6. The predicted octanol–water partition coefficient (Wildman–Crippen LogP) is 13.9. The molecule has 3 N–H and O–H groups in total. The molecule has 0 amide bonds. The first kappa shape index (κ1) is 42.1. The van der Waals surface area contributed by atoms with Gasteiger partial charge in [0.1, 0.15) is 17.2 Å². The molecule has 0 atom stereocenters. The van der Waals surface area contributed by atoms with Gasteiger partial charge in [0.25, 0.3) is 0 Å². The minimum Gasteiger partial charge on any atom is -0.507 e. The summed E-state index contributed by atoms with van der Waals surface area (Å²) in [6.07, 6.45) is 5.16. The van der Waals surface area contributed by atoms with Crippen LogP contribution in [0, 0.1) is 20.8 Å². The van der Waals surface area contributed by atoms with Gasteiger partial charge in [-0.3, -0.25) is 15.0 Å². The molecule has 0 heterocycles. The van der Waals surface area contributed by atoms with Crippen LogP contribution in [0.1, 0.15) is 50.1 Å². The van der Waals surface area contributed by atoms with Crippen LogP contribution in [0.2, 0.25) is 0 Å². The maximum absolute atomic E-state index is 10.3. The fourth-order valence-electron chi connectivity index (χ4n) is 6.75. The first-order chi connectivity index (χ1) is 29.3. The molecular formula is C51H45N3O3S3. The van der Waals surface area contributed by atoms with Crippen LogP contribution in [0.25, 0.3) is 0 Å². The molecule has 0 aliphatic heterocycles. The van der Waals surface area contributed by atoms with Crippen molar-refractivity contribution in [3.63, 3.8) is 0 Å². The van der Waals surface area contributed by atoms with Crippen molar-refractivity contribution in [1.29, 1.82) is 0 Å². The lowest BCUT2D eigenvalue weighted by Gasteiger charge is -2.23. The maximum atomic E-state index is 10.3. The Labute approximate surface area is 364 Å². The van der Waals surface area contributed by atoms with Gasteiger partial charge >= 0.3 is 0 Å². The van der Waals surface area contributed by atoms with Gasteiger partial charge in [0, 0.05) is 67.3 Å². The Morgan fingerprint density at radius 2 is 0.617 bits per heavy atom. The summed E-state index contributed by atoms with van der Waals surface area (Å²) < 4.78 is 0. The summed E-state index contributed by atoms with van der Waals surface area (Å²) >= 11 is 5.30. The third-order valence-electron chi connectivity index (χ3n) is 10.3. The lowest BCUT2D eigenvalue weighted by Crippen LogP contribution is -2.06. The first-order valence-corrected chi connectivity index (χ1v) is 22.4. The Hall–Kier alpha value is -6.00. The predicted molar refractivity (Wildman–Crippen MR) is 255 cm³/mol. The number of aromatic hydroxyl groups is 3. The average molecular weight is 844 g/mol. The highest BCUT2D eigenvalue weighted by atomic mass is 32.2. The van der Waals surface area contributed by atoms with Gasteiger partial charge in [0.15, 0.2) is 0 Å². The molecule has 0 saturated heterocycles. The number of thioether (sulfide) groups is 3. The zero-order chi connectivity index (χ0) is 41.8. The van der Waals surface area contributed by atoms with Crippen molar-refractivity contribution in [1.82, 2.24) is 0 Å². The summed E-state index contributed by atoms with van der Waals surface area (Å²) in [5.41, 5.74) is 12.3. The lowest BCUT2D eigenvalue weighted by molar-refractivity contribution is 0.474. The molecule has 9 heteroatoms. The van der Waals surface area contributed by atoms with E-state index >= 15 is 0 Å². The number of phenols is 3. The number of aliphatic imine (C=N–C) groups is 3. The summed E-state index contributed by atoms with van der Waals surface area (Å²) in [7, 11) is 0. The topological polar surface area (TPSA) is 97.8 Å². The van der Waals surface area contributed by atoms with E-state index in [1.54, 1.807) is 90.3 Å². The third kappa shape index (κ3) is 10.4. The second-order valence-electron chi connectivity index (χ2n) is 14.0. The zero-order valence-corrected chi connectivity index (χ0v) is 36.1. The SMILES string of the molecule is Cc1c(CSc2ccccc2N=Cc2ccccc2O)c(C)c(CSc2ccccc2N=Cc2ccccc2O)c(C)c1CSc1ccccc1N=Cc1ccccc1O. The number of rotatable bonds is 15. The molecule has 7 rings (SSSR count). The Balaban J connectivity index is 1.20. The van der Waals surface area contributed by atoms with Gasteiger partial charge in [-0.15, -0.1) is 35.3 Å². The van der Waals surface area contributed by atoms with Crippen LogP contribution in [0.3, 0.4) is 0 Å². The molecule has 0 aromatic heterocycles. The molecule has 0 aliphatic rings. The molecule has 300 valence electrons. The van der Waals surface area contributed by atoms with Crippen molar-refractivity contribution in [2.24, 2.45) is 15.0 Å². The highest BCUT2D eigenvalue weighted by molar-refractivity contribution is 7.99. The Bertz CT molecular complexity index is 2400. The molecule has 0 bridgehead atoms. The molecular weight excluding hydrogens is 799 g/mol. The minimum atomic E-state index is 0.197. The molecule has 0 spiro atoms. The number of hydrogen-bond acceptors (Lipinski definition) is 9. The van der Waals surface area contributed by atoms with Crippen molar-refractivity contribution in [3.8, 4) is 17.2 Å². The van der Waals surface area contributed by atoms with E-state index in [1.807, 2.05) is 91.0 Å². The second kappa shape index (κ2) is 20.3. The van der Waals surface area contributed by atoms with Gasteiger partial charge in [-0.05, 0) is 127 Å². The second-order valence-corrected chi connectivity index (χ2v) is 17.1. The zero-order valence-electron chi connectivity index (χ0n) is 33.6. The highest BCUT2D eigenvalue weighted by Crippen LogP contribution is 2.41. The quantitative estimate of drug-likeness (QED) is 0.0702. The molecule has 60 heavy (non-hydrogen) atoms. The highest BCUT2D eigenvalue weighted by Gasteiger charge is 2.19. The van der Waals surface area contributed by atoms with Gasteiger partial charge in [0.05, 0.1) is 17.1 Å². The molecule has 7 aromatic rings. The third-order valence-corrected chi connectivity index (χ3v) is 13.5. The molecule has 0 fully saturated rings. The number of nitrogens with zero attached hydrogens (tertiary/aromatic N) is 3. The Morgan fingerprint density at radius 1 is 0.367 bits per heavy atom. The van der Waals surface area contributed by atoms with Gasteiger partial charge in [-0.25, -0.2) is 0 Å². The fourth-order valence-corrected chi connectivity index (χ4v) is 10.3. The van der Waals surface area contributed by atoms with E-state index in [4.69, 9.17) is 15.0 Å². The van der Waals surface area contributed by atoms with Crippen molar-refractivity contribution >= 4 is 71.0 Å². The Kier molecular flexibility index (Phi) is 14.3. The van der Waals surface area contributed by atoms with E-state index in [2.05, 4.69) is 39.0 Å². The van der Waals surface area contributed by atoms with Crippen molar-refractivity contribution < 1.29 is 15.3 Å². The van der Waals surface area contributed by atoms with E-state index in [0.29, 0.717) is 16.7 Å². The van der Waals surface area contributed by atoms with Crippen LogP contribution in [-0.4, -0.2) is 34.0 Å². The van der Waals surface area contributed by atoms with Gasteiger partial charge in [-0.1, -0.05) is 72.8 Å². The first-order valence-electron chi connectivity index (χ1n) is 19.5. The monoisotopic (exact) mass is 843 g/mol. The molecule has 6 nitrogen and oxygen atoms in total. The summed E-state index contributed by atoms with van der Waals surface area (Å²) in [6.45, 7) is 6.74. The van der Waals surface area contributed by atoms with Crippen LogP contribution in [-0.2, 0) is 17.3 Å². The standard InChI is InChI=1S/C51H45N3O3S3/c1-34-40(31-58-49-25-13-7-19-43(49)52-28-37-16-4-10-22-46(37)55)35(2)42(33-60-51-27-15-9-21-45(51)54-30-39-18-6-12-24-48(39)57)36(3)41(34)32-59-50-26-14-8-20-44(50)53-29-38-17-5-11-23-47(38)56/h4-30,55-57H,31-33H2,1-3H3. The van der Waals surface area contributed by atoms with Crippen LogP contribution >= 0.6 is 35.3 Å². The smallest absolute Gasteiger partial charge is 0.124 e. The van der Waals surface area contributed by atoms with E-state index in [1.165, 1.54) is 33.4 Å². The lowest BCUT2D eigenvalue weighted by atomic mass is 9.90. The number of benzene rings is 7. The number of hydrogen-bond donors (Lipinski definition) is 3. The molecule has 7 aromatic carbocycles. The van der Waals surface area contributed by atoms with Crippen molar-refractivity contribution in [2.75, 3.05) is 0 Å². The van der Waals surface area contributed by atoms with E-state index in [0.717, 1.165) is 49.0 Å². The summed E-state index contributed by atoms with van der Waals surface area (Å²) in [4.78, 5) is 17.6. The van der Waals surface area contributed by atoms with Crippen molar-refractivity contribution in [2.45, 2.75) is 52.7 Å². The molecule has 0 unspecified atom stereocenters. The van der Waals surface area contributed by atoms with E-state index in [9.17, 15) is 15.3 Å². The summed E-state index contributed by atoms with van der Waals surface area (Å²) in [5.74, 6) is 2.84. The number of phenolic OH excluding ortho intramolecular Hbond substituents is 3. The van der Waals surface area contributed by atoms with Gasteiger partial charge in [-0.2, -0.15) is 0 Å². The van der Waals surface area contributed by atoms with Crippen LogP contribution in [0.5, 0.6) is 17.2 Å². The average Bonchev–Trinajstić information content (AvgIpc) is 3.26. The van der Waals surface area contributed by atoms with E-state index in [-0.39, 0.29) is 17.2 Å². The van der Waals surface area contributed by atoms with Crippen molar-refractivity contribution in [3.05, 3.63) is 196 Å². The Morgan fingerprint density at radius 3 is 0.900 bits per heavy atom. The van der Waals surface area contributed by atoms with E-state index < -0.39 is 0 Å². The normalized spacial score (nSPS) is 11.7. The largest absolute Gasteiger partial charge is 0.507 e. The summed E-state index contributed by atoms with van der Waals surface area (Å²) in [5, 5.41) is 31.0. The van der Waals surface area contributed by atoms with Gasteiger partial charge < -0.3 is 15.3 Å². The van der Waals surface area contributed by atoms with Crippen LogP contribution in [0.15, 0.2) is 175 Å². The molecule has 0 radical (unpaired) electrons. The van der Waals surface area contributed by atoms with Crippen LogP contribution < -0.4 is 0 Å². The summed E-state index contributed by atoms with van der Waals surface area (Å²) in [6, 6.07) is 46.1. The maximum Gasteiger partial charge on any atom is 0.124 e. The minimum absolute atomic E-state index is 0.197. The fraction of sp³-hybridized carbons (Fsp3) is 0.118. The molecule has 0 saturated carbocycles. The van der Waals surface area contributed by atoms with Gasteiger partial charge in [0.2, 0.25) is 0 Å². The molecule has 0 aliphatic carbocycles.